The van der Waals surface area contributed by atoms with Crippen molar-refractivity contribution in [1.82, 2.24) is 5.32 Å². The number of nitro benzene ring substituents is 1. The van der Waals surface area contributed by atoms with Gasteiger partial charge >= 0.3 is 0 Å². The molecule has 1 aromatic carbocycles. The van der Waals surface area contributed by atoms with Gasteiger partial charge in [-0.15, -0.1) is 12.3 Å². The molecule has 0 heterocycles. The van der Waals surface area contributed by atoms with E-state index in [1.807, 2.05) is 6.92 Å². The Morgan fingerprint density at radius 1 is 1.63 bits per heavy atom. The van der Waals surface area contributed by atoms with Crippen molar-refractivity contribution >= 4 is 23.2 Å². The van der Waals surface area contributed by atoms with Crippen molar-refractivity contribution in [3.63, 3.8) is 0 Å². The summed E-state index contributed by atoms with van der Waals surface area (Å²) in [5.74, 6) is 2.13. The van der Waals surface area contributed by atoms with E-state index in [9.17, 15) is 14.9 Å². The molecular formula is C13H13ClN2O3. The Balaban J connectivity index is 2.86. The molecule has 1 atom stereocenters. The number of nitro groups is 1. The van der Waals surface area contributed by atoms with Gasteiger partial charge in [-0.25, -0.2) is 0 Å². The maximum Gasteiger partial charge on any atom is 0.287 e. The van der Waals surface area contributed by atoms with E-state index in [4.69, 9.17) is 18.0 Å². The highest BCUT2D eigenvalue weighted by molar-refractivity contribution is 6.33. The summed E-state index contributed by atoms with van der Waals surface area (Å²) in [4.78, 5) is 21.9. The molecule has 0 bridgehead atoms. The van der Waals surface area contributed by atoms with Crippen LogP contribution in [0.15, 0.2) is 18.2 Å². The average molecular weight is 281 g/mol. The summed E-state index contributed by atoms with van der Waals surface area (Å²) in [6, 6.07) is 3.73. The highest BCUT2D eigenvalue weighted by atomic mass is 35.5. The molecule has 0 aliphatic heterocycles. The zero-order valence-corrected chi connectivity index (χ0v) is 11.1. The van der Waals surface area contributed by atoms with Crippen LogP contribution in [0.25, 0.3) is 0 Å². The quantitative estimate of drug-likeness (QED) is 0.512. The van der Waals surface area contributed by atoms with Gasteiger partial charge in [-0.1, -0.05) is 18.5 Å². The highest BCUT2D eigenvalue weighted by Gasteiger charge is 2.16. The minimum Gasteiger partial charge on any atom is -0.348 e. The van der Waals surface area contributed by atoms with E-state index in [1.165, 1.54) is 18.2 Å². The van der Waals surface area contributed by atoms with E-state index in [2.05, 4.69) is 11.2 Å². The minimum absolute atomic E-state index is 0.0670. The lowest BCUT2D eigenvalue weighted by atomic mass is 10.1. The fourth-order valence-electron chi connectivity index (χ4n) is 1.50. The van der Waals surface area contributed by atoms with Crippen molar-refractivity contribution in [3.8, 4) is 12.3 Å². The molecule has 6 heteroatoms. The largest absolute Gasteiger partial charge is 0.348 e. The summed E-state index contributed by atoms with van der Waals surface area (Å²) in [6.07, 6.45) is 6.34. The van der Waals surface area contributed by atoms with E-state index in [1.54, 1.807) is 0 Å². The number of hydrogen-bond donors (Lipinski definition) is 1. The maximum atomic E-state index is 11.9. The third-order valence-electron chi connectivity index (χ3n) is 2.60. The van der Waals surface area contributed by atoms with Gasteiger partial charge in [0.1, 0.15) is 5.02 Å². The molecular weight excluding hydrogens is 268 g/mol. The number of carbonyl (C=O) groups is 1. The lowest BCUT2D eigenvalue weighted by Gasteiger charge is -2.14. The smallest absolute Gasteiger partial charge is 0.287 e. The molecule has 0 aromatic heterocycles. The molecule has 100 valence electrons. The zero-order chi connectivity index (χ0) is 14.4. The average Bonchev–Trinajstić information content (AvgIpc) is 2.37. The molecule has 0 aliphatic rings. The third-order valence-corrected chi connectivity index (χ3v) is 2.90. The molecule has 0 spiro atoms. The van der Waals surface area contributed by atoms with Crippen molar-refractivity contribution in [3.05, 3.63) is 38.9 Å². The number of amides is 1. The van der Waals surface area contributed by atoms with Crippen LogP contribution in [0, 0.1) is 22.5 Å². The fourth-order valence-corrected chi connectivity index (χ4v) is 1.75. The predicted molar refractivity (Wildman–Crippen MR) is 73.1 cm³/mol. The topological polar surface area (TPSA) is 72.2 Å². The van der Waals surface area contributed by atoms with E-state index < -0.39 is 4.92 Å². The Morgan fingerprint density at radius 2 is 2.32 bits per heavy atom. The second-order valence-corrected chi connectivity index (χ2v) is 4.32. The Kier molecular flexibility index (Phi) is 5.34. The van der Waals surface area contributed by atoms with Crippen LogP contribution in [0.5, 0.6) is 0 Å². The first-order chi connectivity index (χ1) is 8.99. The SMILES string of the molecule is C#CCC(CC)NC(=O)c1ccc([N+](=O)[O-])c(Cl)c1. The molecule has 1 amide bonds. The monoisotopic (exact) mass is 280 g/mol. The van der Waals surface area contributed by atoms with Crippen molar-refractivity contribution in [2.24, 2.45) is 0 Å². The van der Waals surface area contributed by atoms with Crippen LogP contribution in [0.2, 0.25) is 5.02 Å². The van der Waals surface area contributed by atoms with Gasteiger partial charge in [0.2, 0.25) is 0 Å². The summed E-state index contributed by atoms with van der Waals surface area (Å²) in [5.41, 5.74) is 0.0416. The van der Waals surface area contributed by atoms with Gasteiger partial charge in [0.25, 0.3) is 11.6 Å². The van der Waals surface area contributed by atoms with Gasteiger partial charge in [0.05, 0.1) is 4.92 Å². The Morgan fingerprint density at radius 3 is 2.79 bits per heavy atom. The summed E-state index contributed by atoms with van der Waals surface area (Å²) in [7, 11) is 0. The minimum atomic E-state index is -0.600. The Labute approximate surface area is 116 Å². The Hall–Kier alpha value is -2.06. The Bertz CT molecular complexity index is 537. The van der Waals surface area contributed by atoms with Gasteiger partial charge in [0, 0.05) is 24.1 Å². The van der Waals surface area contributed by atoms with Crippen LogP contribution < -0.4 is 5.32 Å². The number of nitrogens with one attached hydrogen (secondary N) is 1. The zero-order valence-electron chi connectivity index (χ0n) is 10.4. The van der Waals surface area contributed by atoms with Gasteiger partial charge in [-0.3, -0.25) is 14.9 Å². The van der Waals surface area contributed by atoms with Crippen LogP contribution in [0.3, 0.4) is 0 Å². The summed E-state index contributed by atoms with van der Waals surface area (Å²) in [6.45, 7) is 1.91. The van der Waals surface area contributed by atoms with E-state index in [0.29, 0.717) is 12.8 Å². The molecule has 5 nitrogen and oxygen atoms in total. The highest BCUT2D eigenvalue weighted by Crippen LogP contribution is 2.24. The number of nitrogens with zero attached hydrogens (tertiary/aromatic N) is 1. The second-order valence-electron chi connectivity index (χ2n) is 3.91. The molecule has 1 aromatic rings. The molecule has 0 saturated heterocycles. The fraction of sp³-hybridized carbons (Fsp3) is 0.308. The van der Waals surface area contributed by atoms with Crippen LogP contribution in [-0.4, -0.2) is 16.9 Å². The van der Waals surface area contributed by atoms with Crippen molar-refractivity contribution in [1.29, 1.82) is 0 Å². The number of hydrogen-bond acceptors (Lipinski definition) is 3. The van der Waals surface area contributed by atoms with E-state index in [-0.39, 0.29) is 28.2 Å². The summed E-state index contributed by atoms with van der Waals surface area (Å²) in [5, 5.41) is 13.3. The molecule has 0 fully saturated rings. The normalized spacial score (nSPS) is 11.4. The van der Waals surface area contributed by atoms with Crippen molar-refractivity contribution in [2.45, 2.75) is 25.8 Å². The summed E-state index contributed by atoms with van der Waals surface area (Å²) < 4.78 is 0. The number of terminal acetylenes is 1. The lowest BCUT2D eigenvalue weighted by molar-refractivity contribution is -0.384. The first kappa shape index (κ1) is 15.0. The van der Waals surface area contributed by atoms with Gasteiger partial charge in [0.15, 0.2) is 0 Å². The standard InChI is InChI=1S/C13H13ClN2O3/c1-3-5-10(4-2)15-13(17)9-6-7-12(16(18)19)11(14)8-9/h1,6-8,10H,4-5H2,2H3,(H,15,17). The van der Waals surface area contributed by atoms with Gasteiger partial charge in [-0.2, -0.15) is 0 Å². The number of halogens is 1. The molecule has 0 radical (unpaired) electrons. The molecule has 0 saturated carbocycles. The van der Waals surface area contributed by atoms with Crippen molar-refractivity contribution < 1.29 is 9.72 Å². The molecule has 1 rings (SSSR count). The van der Waals surface area contributed by atoms with Crippen LogP contribution in [0.4, 0.5) is 5.69 Å². The summed E-state index contributed by atoms with van der Waals surface area (Å²) >= 11 is 5.75. The van der Waals surface area contributed by atoms with Gasteiger partial charge in [-0.05, 0) is 18.6 Å². The number of carbonyl (C=O) groups excluding carboxylic acids is 1. The lowest BCUT2D eigenvalue weighted by Crippen LogP contribution is -2.34. The number of rotatable bonds is 5. The molecule has 19 heavy (non-hydrogen) atoms. The first-order valence-electron chi connectivity index (χ1n) is 5.67. The first-order valence-corrected chi connectivity index (χ1v) is 6.05. The van der Waals surface area contributed by atoms with Gasteiger partial charge < -0.3 is 5.32 Å². The molecule has 1 N–H and O–H groups in total. The van der Waals surface area contributed by atoms with Crippen LogP contribution in [0.1, 0.15) is 30.1 Å². The van der Waals surface area contributed by atoms with E-state index >= 15 is 0 Å². The van der Waals surface area contributed by atoms with E-state index in [0.717, 1.165) is 0 Å². The van der Waals surface area contributed by atoms with Crippen molar-refractivity contribution in [2.75, 3.05) is 0 Å². The second kappa shape index (κ2) is 6.76. The van der Waals surface area contributed by atoms with Crippen LogP contribution >= 0.6 is 11.6 Å². The van der Waals surface area contributed by atoms with Crippen LogP contribution in [-0.2, 0) is 0 Å². The molecule has 0 aliphatic carbocycles. The predicted octanol–water partition coefficient (Wildman–Crippen LogP) is 2.78. The maximum absolute atomic E-state index is 11.9. The molecule has 1 unspecified atom stereocenters. The third kappa shape index (κ3) is 3.97. The number of benzene rings is 1.